The minimum absolute atomic E-state index is 0.156. The van der Waals surface area contributed by atoms with Crippen molar-refractivity contribution in [3.05, 3.63) is 66.2 Å². The van der Waals surface area contributed by atoms with Crippen molar-refractivity contribution in [2.75, 3.05) is 39.4 Å². The van der Waals surface area contributed by atoms with Gasteiger partial charge in [-0.3, -0.25) is 14.5 Å². The first-order chi connectivity index (χ1) is 15.6. The molecule has 8 heteroatoms. The van der Waals surface area contributed by atoms with Gasteiger partial charge in [-0.1, -0.05) is 36.4 Å². The molecular formula is C24H29N3O5. The molecule has 3 rings (SSSR count). The maximum Gasteiger partial charge on any atom is 0.257 e. The highest BCUT2D eigenvalue weighted by molar-refractivity contribution is 5.78. The van der Waals surface area contributed by atoms with E-state index in [9.17, 15) is 14.7 Å². The molecule has 0 atom stereocenters. The highest BCUT2D eigenvalue weighted by Crippen LogP contribution is 2.26. The van der Waals surface area contributed by atoms with E-state index < -0.39 is 0 Å². The van der Waals surface area contributed by atoms with E-state index in [1.54, 1.807) is 30.3 Å². The van der Waals surface area contributed by atoms with Gasteiger partial charge >= 0.3 is 0 Å². The van der Waals surface area contributed by atoms with E-state index in [0.717, 1.165) is 11.1 Å². The number of hydrogen-bond donors (Lipinski definition) is 3. The minimum atomic E-state index is -0.250. The number of para-hydroxylation sites is 3. The molecule has 2 amide bonds. The van der Waals surface area contributed by atoms with E-state index in [-0.39, 0.29) is 30.8 Å². The van der Waals surface area contributed by atoms with Gasteiger partial charge in [-0.15, -0.1) is 6.58 Å². The van der Waals surface area contributed by atoms with Crippen LogP contribution in [0.5, 0.6) is 17.2 Å². The fraction of sp³-hybridized carbons (Fsp3) is 0.333. The smallest absolute Gasteiger partial charge is 0.257 e. The van der Waals surface area contributed by atoms with Crippen LogP contribution in [-0.4, -0.2) is 61.2 Å². The number of amides is 2. The molecule has 2 aromatic carbocycles. The van der Waals surface area contributed by atoms with Crippen LogP contribution in [0.4, 0.5) is 0 Å². The van der Waals surface area contributed by atoms with E-state index in [1.165, 1.54) is 0 Å². The molecule has 0 fully saturated rings. The summed E-state index contributed by atoms with van der Waals surface area (Å²) >= 11 is 0. The van der Waals surface area contributed by atoms with Gasteiger partial charge in [0, 0.05) is 38.3 Å². The normalized spacial score (nSPS) is 16.2. The van der Waals surface area contributed by atoms with Crippen LogP contribution in [0.3, 0.4) is 0 Å². The number of nitrogens with zero attached hydrogens (tertiary/aromatic N) is 1. The van der Waals surface area contributed by atoms with Gasteiger partial charge in [-0.2, -0.15) is 0 Å². The molecule has 2 aromatic rings. The fourth-order valence-corrected chi connectivity index (χ4v) is 3.39. The third-order valence-corrected chi connectivity index (χ3v) is 5.03. The predicted octanol–water partition coefficient (Wildman–Crippen LogP) is 1.63. The molecule has 0 unspecified atom stereocenters. The Balaban J connectivity index is 1.68. The number of carbonyl (C=O) groups is 2. The van der Waals surface area contributed by atoms with Gasteiger partial charge in [0.15, 0.2) is 24.7 Å². The summed E-state index contributed by atoms with van der Waals surface area (Å²) in [6, 6.07) is 12.5. The molecule has 1 heterocycles. The zero-order valence-electron chi connectivity index (χ0n) is 18.0. The summed E-state index contributed by atoms with van der Waals surface area (Å²) in [5.74, 6) is 0.555. The number of allylic oxidation sites excluding steroid dienone is 1. The first-order valence-electron chi connectivity index (χ1n) is 10.6. The minimum Gasteiger partial charge on any atom is -0.507 e. The Morgan fingerprint density at radius 2 is 1.47 bits per heavy atom. The van der Waals surface area contributed by atoms with Crippen LogP contribution in [0.2, 0.25) is 0 Å². The second-order valence-corrected chi connectivity index (χ2v) is 7.42. The Labute approximate surface area is 187 Å². The number of phenols is 1. The van der Waals surface area contributed by atoms with Crippen molar-refractivity contribution in [2.45, 2.75) is 13.0 Å². The first kappa shape index (κ1) is 23.1. The number of phenolic OH excluding ortho intramolecular Hbond substituents is 1. The van der Waals surface area contributed by atoms with E-state index >= 15 is 0 Å². The number of fused-ring (bicyclic) bond motifs is 1. The summed E-state index contributed by atoms with van der Waals surface area (Å²) < 4.78 is 11.1. The van der Waals surface area contributed by atoms with Crippen molar-refractivity contribution in [1.82, 2.24) is 15.5 Å². The van der Waals surface area contributed by atoms with Crippen molar-refractivity contribution in [1.29, 1.82) is 0 Å². The van der Waals surface area contributed by atoms with Gasteiger partial charge in [0.1, 0.15) is 5.75 Å². The molecule has 1 aliphatic rings. The zero-order valence-corrected chi connectivity index (χ0v) is 18.0. The van der Waals surface area contributed by atoms with E-state index in [0.29, 0.717) is 50.6 Å². The monoisotopic (exact) mass is 439 g/mol. The molecule has 1 aliphatic heterocycles. The summed E-state index contributed by atoms with van der Waals surface area (Å²) in [7, 11) is 0. The summed E-state index contributed by atoms with van der Waals surface area (Å²) in [6.07, 6.45) is 2.32. The molecule has 0 radical (unpaired) electrons. The average molecular weight is 440 g/mol. The SMILES string of the molecule is C=CCc1cccc(CN2CCNC(=O)COc3ccccc3OCC(=O)NCC2)c1O. The molecule has 0 bridgehead atoms. The second kappa shape index (κ2) is 11.8. The van der Waals surface area contributed by atoms with E-state index in [4.69, 9.17) is 9.47 Å². The number of hydrogen-bond acceptors (Lipinski definition) is 6. The standard InChI is InChI=1S/C24H29N3O5/c1-2-6-18-7-5-8-19(24(18)30)15-27-13-11-25-22(28)16-31-20-9-3-4-10-21(20)32-17-23(29)26-12-14-27/h2-5,7-10,30H,1,6,11-17H2,(H,25,28)(H,26,29). The van der Waals surface area contributed by atoms with Gasteiger partial charge in [-0.05, 0) is 24.1 Å². The van der Waals surface area contributed by atoms with Gasteiger partial charge < -0.3 is 25.2 Å². The van der Waals surface area contributed by atoms with Gasteiger partial charge in [-0.25, -0.2) is 0 Å². The van der Waals surface area contributed by atoms with Crippen molar-refractivity contribution < 1.29 is 24.2 Å². The zero-order chi connectivity index (χ0) is 22.8. The van der Waals surface area contributed by atoms with Gasteiger partial charge in [0.05, 0.1) is 0 Å². The lowest BCUT2D eigenvalue weighted by atomic mass is 10.1. The molecule has 0 aliphatic carbocycles. The molecular weight excluding hydrogens is 410 g/mol. The largest absolute Gasteiger partial charge is 0.507 e. The van der Waals surface area contributed by atoms with Gasteiger partial charge in [0.25, 0.3) is 11.8 Å². The molecule has 32 heavy (non-hydrogen) atoms. The van der Waals surface area contributed by atoms with Crippen molar-refractivity contribution in [3.63, 3.8) is 0 Å². The number of aromatic hydroxyl groups is 1. The maximum atomic E-state index is 12.2. The van der Waals surface area contributed by atoms with Crippen LogP contribution in [0, 0.1) is 0 Å². The van der Waals surface area contributed by atoms with Crippen LogP contribution in [0.1, 0.15) is 11.1 Å². The number of rotatable bonds is 4. The van der Waals surface area contributed by atoms with Crippen LogP contribution in [0.15, 0.2) is 55.1 Å². The van der Waals surface area contributed by atoms with Crippen LogP contribution in [0.25, 0.3) is 0 Å². The Morgan fingerprint density at radius 1 is 0.906 bits per heavy atom. The quantitative estimate of drug-likeness (QED) is 0.626. The summed E-state index contributed by atoms with van der Waals surface area (Å²) in [5, 5.41) is 16.3. The predicted molar refractivity (Wildman–Crippen MR) is 121 cm³/mol. The summed E-state index contributed by atoms with van der Waals surface area (Å²) in [6.45, 7) is 5.78. The molecule has 0 aromatic heterocycles. The average Bonchev–Trinajstić information content (AvgIpc) is 2.79. The molecule has 8 nitrogen and oxygen atoms in total. The summed E-state index contributed by atoms with van der Waals surface area (Å²) in [5.41, 5.74) is 1.59. The third kappa shape index (κ3) is 6.75. The van der Waals surface area contributed by atoms with Crippen molar-refractivity contribution in [2.24, 2.45) is 0 Å². The summed E-state index contributed by atoms with van der Waals surface area (Å²) in [4.78, 5) is 26.5. The molecule has 170 valence electrons. The molecule has 0 spiro atoms. The van der Waals surface area contributed by atoms with Crippen molar-refractivity contribution >= 4 is 11.8 Å². The molecule has 3 N–H and O–H groups in total. The highest BCUT2D eigenvalue weighted by Gasteiger charge is 2.14. The lowest BCUT2D eigenvalue weighted by Gasteiger charge is -2.23. The van der Waals surface area contributed by atoms with E-state index in [1.807, 2.05) is 18.2 Å². The Hall–Kier alpha value is -3.52. The fourth-order valence-electron chi connectivity index (χ4n) is 3.39. The second-order valence-electron chi connectivity index (χ2n) is 7.42. The topological polar surface area (TPSA) is 100 Å². The highest BCUT2D eigenvalue weighted by atomic mass is 16.5. The Bertz CT molecular complexity index is 902. The number of benzene rings is 2. The first-order valence-corrected chi connectivity index (χ1v) is 10.6. The van der Waals surface area contributed by atoms with Crippen LogP contribution >= 0.6 is 0 Å². The lowest BCUT2D eigenvalue weighted by Crippen LogP contribution is -2.40. The third-order valence-electron chi connectivity index (χ3n) is 5.03. The van der Waals surface area contributed by atoms with Gasteiger partial charge in [0.2, 0.25) is 0 Å². The Kier molecular flexibility index (Phi) is 8.51. The molecule has 0 saturated heterocycles. The maximum absolute atomic E-state index is 12.2. The Morgan fingerprint density at radius 3 is 2.03 bits per heavy atom. The number of carbonyl (C=O) groups excluding carboxylic acids is 2. The van der Waals surface area contributed by atoms with Crippen LogP contribution in [-0.2, 0) is 22.6 Å². The lowest BCUT2D eigenvalue weighted by molar-refractivity contribution is -0.124. The van der Waals surface area contributed by atoms with Crippen molar-refractivity contribution in [3.8, 4) is 17.2 Å². The number of ether oxygens (including phenoxy) is 2. The molecule has 0 saturated carbocycles. The van der Waals surface area contributed by atoms with E-state index in [2.05, 4.69) is 22.1 Å². The number of nitrogens with one attached hydrogen (secondary N) is 2. The van der Waals surface area contributed by atoms with Crippen LogP contribution < -0.4 is 20.1 Å².